The van der Waals surface area contributed by atoms with Crippen molar-refractivity contribution in [3.63, 3.8) is 0 Å². The lowest BCUT2D eigenvalue weighted by Crippen LogP contribution is -2.05. The second kappa shape index (κ2) is 6.29. The van der Waals surface area contributed by atoms with Crippen molar-refractivity contribution >= 4 is 5.82 Å². The molecule has 0 bridgehead atoms. The summed E-state index contributed by atoms with van der Waals surface area (Å²) in [7, 11) is 1.70. The molecule has 0 amide bonds. The van der Waals surface area contributed by atoms with E-state index >= 15 is 0 Å². The molecule has 0 spiro atoms. The van der Waals surface area contributed by atoms with Crippen molar-refractivity contribution in [1.82, 2.24) is 9.97 Å². The van der Waals surface area contributed by atoms with Crippen molar-refractivity contribution in [1.29, 1.82) is 0 Å². The molecule has 19 heavy (non-hydrogen) atoms. The molecule has 1 heterocycles. The first-order valence-corrected chi connectivity index (χ1v) is 6.30. The summed E-state index contributed by atoms with van der Waals surface area (Å²) in [4.78, 5) is 8.74. The van der Waals surface area contributed by atoms with Gasteiger partial charge in [-0.3, -0.25) is 4.98 Å². The van der Waals surface area contributed by atoms with E-state index in [-0.39, 0.29) is 0 Å². The molecule has 0 unspecified atom stereocenters. The summed E-state index contributed by atoms with van der Waals surface area (Å²) < 4.78 is 5.14. The second-order valence-electron chi connectivity index (χ2n) is 4.55. The van der Waals surface area contributed by atoms with Crippen LogP contribution in [0.15, 0.2) is 30.5 Å². The molecule has 0 saturated carbocycles. The Kier molecular flexibility index (Phi) is 4.47. The Bertz CT molecular complexity index is 555. The molecule has 2 rings (SSSR count). The highest BCUT2D eigenvalue weighted by atomic mass is 16.5. The number of hydrogen-bond donors (Lipinski definition) is 1. The Balaban J connectivity index is 2.05. The van der Waals surface area contributed by atoms with Crippen LogP contribution < -0.4 is 5.32 Å². The lowest BCUT2D eigenvalue weighted by molar-refractivity contribution is 0.185. The van der Waals surface area contributed by atoms with Crippen LogP contribution in [-0.4, -0.2) is 17.1 Å². The zero-order valence-electron chi connectivity index (χ0n) is 11.6. The molecule has 0 saturated heterocycles. The number of methoxy groups -OCH3 is 1. The number of ether oxygens (including phenoxy) is 1. The molecule has 4 nitrogen and oxygen atoms in total. The molecule has 1 N–H and O–H groups in total. The van der Waals surface area contributed by atoms with Crippen molar-refractivity contribution in [2.24, 2.45) is 0 Å². The van der Waals surface area contributed by atoms with Crippen molar-refractivity contribution in [2.45, 2.75) is 27.0 Å². The monoisotopic (exact) mass is 257 g/mol. The number of anilines is 1. The Morgan fingerprint density at radius 1 is 1.21 bits per heavy atom. The summed E-state index contributed by atoms with van der Waals surface area (Å²) >= 11 is 0. The first-order valence-electron chi connectivity index (χ1n) is 6.30. The fourth-order valence-corrected chi connectivity index (χ4v) is 1.89. The Labute approximate surface area is 113 Å². The number of rotatable bonds is 5. The summed E-state index contributed by atoms with van der Waals surface area (Å²) in [5.41, 5.74) is 4.21. The van der Waals surface area contributed by atoms with Gasteiger partial charge in [-0.05, 0) is 25.0 Å². The molecule has 0 aliphatic rings. The van der Waals surface area contributed by atoms with Gasteiger partial charge in [0.15, 0.2) is 0 Å². The van der Waals surface area contributed by atoms with Gasteiger partial charge in [-0.15, -0.1) is 0 Å². The molecular formula is C15H19N3O. The van der Waals surface area contributed by atoms with Crippen LogP contribution in [0.1, 0.15) is 22.5 Å². The van der Waals surface area contributed by atoms with E-state index in [2.05, 4.69) is 33.5 Å². The molecule has 1 aromatic carbocycles. The lowest BCUT2D eigenvalue weighted by atomic mass is 10.1. The average Bonchev–Trinajstić information content (AvgIpc) is 2.41. The number of aryl methyl sites for hydroxylation is 2. The van der Waals surface area contributed by atoms with E-state index < -0.39 is 0 Å². The normalized spacial score (nSPS) is 10.5. The average molecular weight is 257 g/mol. The molecule has 0 aliphatic heterocycles. The minimum absolute atomic E-state index is 0.636. The van der Waals surface area contributed by atoms with Crippen LogP contribution in [0.25, 0.3) is 0 Å². The SMILES string of the molecule is COCc1cccc(CNc2nc(C)cnc2C)c1. The highest BCUT2D eigenvalue weighted by Crippen LogP contribution is 2.12. The second-order valence-corrected chi connectivity index (χ2v) is 4.55. The fourth-order valence-electron chi connectivity index (χ4n) is 1.89. The summed E-state index contributed by atoms with van der Waals surface area (Å²) in [6, 6.07) is 8.32. The highest BCUT2D eigenvalue weighted by Gasteiger charge is 2.02. The van der Waals surface area contributed by atoms with Gasteiger partial charge >= 0.3 is 0 Å². The van der Waals surface area contributed by atoms with Gasteiger partial charge in [-0.25, -0.2) is 4.98 Å². The quantitative estimate of drug-likeness (QED) is 0.894. The van der Waals surface area contributed by atoms with Crippen LogP contribution in [0.2, 0.25) is 0 Å². The molecule has 1 aromatic heterocycles. The van der Waals surface area contributed by atoms with Crippen LogP contribution in [0.4, 0.5) is 5.82 Å². The van der Waals surface area contributed by atoms with Gasteiger partial charge in [-0.1, -0.05) is 24.3 Å². The number of hydrogen-bond acceptors (Lipinski definition) is 4. The molecule has 0 radical (unpaired) electrons. The van der Waals surface area contributed by atoms with E-state index in [4.69, 9.17) is 4.74 Å². The van der Waals surface area contributed by atoms with Gasteiger partial charge in [0.25, 0.3) is 0 Å². The van der Waals surface area contributed by atoms with E-state index in [0.717, 1.165) is 23.8 Å². The van der Waals surface area contributed by atoms with Gasteiger partial charge in [0.05, 0.1) is 18.0 Å². The minimum atomic E-state index is 0.636. The number of nitrogens with one attached hydrogen (secondary N) is 1. The minimum Gasteiger partial charge on any atom is -0.380 e. The zero-order valence-corrected chi connectivity index (χ0v) is 11.6. The summed E-state index contributed by atoms with van der Waals surface area (Å²) in [5, 5.41) is 3.32. The van der Waals surface area contributed by atoms with E-state index in [1.54, 1.807) is 13.3 Å². The maximum absolute atomic E-state index is 5.14. The maximum Gasteiger partial charge on any atom is 0.148 e. The van der Waals surface area contributed by atoms with E-state index in [1.165, 1.54) is 11.1 Å². The third-order valence-corrected chi connectivity index (χ3v) is 2.84. The van der Waals surface area contributed by atoms with E-state index in [1.807, 2.05) is 19.9 Å². The molecule has 0 fully saturated rings. The van der Waals surface area contributed by atoms with Crippen LogP contribution >= 0.6 is 0 Å². The predicted octanol–water partition coefficient (Wildman–Crippen LogP) is 2.85. The van der Waals surface area contributed by atoms with E-state index in [9.17, 15) is 0 Å². The molecule has 100 valence electrons. The molecule has 4 heteroatoms. The Morgan fingerprint density at radius 2 is 2.00 bits per heavy atom. The van der Waals surface area contributed by atoms with Crippen LogP contribution in [-0.2, 0) is 17.9 Å². The first-order chi connectivity index (χ1) is 9.19. The standard InChI is InChI=1S/C15H19N3O/c1-11-8-16-12(2)15(18-11)17-9-13-5-4-6-14(7-13)10-19-3/h4-8H,9-10H2,1-3H3,(H,17,18). The highest BCUT2D eigenvalue weighted by molar-refractivity contribution is 5.40. The third kappa shape index (κ3) is 3.76. The molecule has 2 aromatic rings. The topological polar surface area (TPSA) is 47.0 Å². The largest absolute Gasteiger partial charge is 0.380 e. The number of aromatic nitrogens is 2. The first kappa shape index (κ1) is 13.5. The third-order valence-electron chi connectivity index (χ3n) is 2.84. The molecular weight excluding hydrogens is 238 g/mol. The van der Waals surface area contributed by atoms with Crippen molar-refractivity contribution in [3.8, 4) is 0 Å². The summed E-state index contributed by atoms with van der Waals surface area (Å²) in [5.74, 6) is 0.845. The van der Waals surface area contributed by atoms with Gasteiger partial charge < -0.3 is 10.1 Å². The maximum atomic E-state index is 5.14. The fraction of sp³-hybridized carbons (Fsp3) is 0.333. The predicted molar refractivity (Wildman–Crippen MR) is 76.0 cm³/mol. The molecule has 0 aliphatic carbocycles. The van der Waals surface area contributed by atoms with Crippen molar-refractivity contribution in [2.75, 3.05) is 12.4 Å². The van der Waals surface area contributed by atoms with Gasteiger partial charge in [-0.2, -0.15) is 0 Å². The van der Waals surface area contributed by atoms with Crippen LogP contribution in [0.5, 0.6) is 0 Å². The molecule has 0 atom stereocenters. The van der Waals surface area contributed by atoms with Crippen LogP contribution in [0.3, 0.4) is 0 Å². The lowest BCUT2D eigenvalue weighted by Gasteiger charge is -2.09. The van der Waals surface area contributed by atoms with Crippen molar-refractivity contribution < 1.29 is 4.74 Å². The van der Waals surface area contributed by atoms with Crippen molar-refractivity contribution in [3.05, 3.63) is 53.0 Å². The summed E-state index contributed by atoms with van der Waals surface area (Å²) in [6.07, 6.45) is 1.78. The van der Waals surface area contributed by atoms with Gasteiger partial charge in [0.2, 0.25) is 0 Å². The smallest absolute Gasteiger partial charge is 0.148 e. The van der Waals surface area contributed by atoms with Gasteiger partial charge in [0.1, 0.15) is 5.82 Å². The zero-order chi connectivity index (χ0) is 13.7. The number of benzene rings is 1. The van der Waals surface area contributed by atoms with Gasteiger partial charge in [0, 0.05) is 19.9 Å². The van der Waals surface area contributed by atoms with E-state index in [0.29, 0.717) is 6.61 Å². The Hall–Kier alpha value is -1.94. The Morgan fingerprint density at radius 3 is 2.79 bits per heavy atom. The van der Waals surface area contributed by atoms with Crippen LogP contribution in [0, 0.1) is 13.8 Å². The summed E-state index contributed by atoms with van der Waals surface area (Å²) in [6.45, 7) is 5.26. The number of nitrogens with zero attached hydrogens (tertiary/aromatic N) is 2.